The van der Waals surface area contributed by atoms with E-state index in [-0.39, 0.29) is 6.04 Å². The van der Waals surface area contributed by atoms with Crippen molar-refractivity contribution >= 4 is 29.0 Å². The number of carbonyl (C=O) groups excluding carboxylic acids is 1. The van der Waals surface area contributed by atoms with Gasteiger partial charge in [-0.15, -0.1) is 0 Å². The highest BCUT2D eigenvalue weighted by atomic mass is 16.5. The number of likely N-dealkylation sites (tertiary alicyclic amines) is 1. The summed E-state index contributed by atoms with van der Waals surface area (Å²) in [6.45, 7) is 18.0. The topological polar surface area (TPSA) is 60.5 Å². The molecule has 3 aromatic rings. The van der Waals surface area contributed by atoms with Gasteiger partial charge < -0.3 is 19.9 Å². The molecule has 2 N–H and O–H groups in total. The van der Waals surface area contributed by atoms with Crippen LogP contribution in [-0.4, -0.2) is 41.6 Å². The summed E-state index contributed by atoms with van der Waals surface area (Å²) < 4.78 is 8.27. The van der Waals surface area contributed by atoms with Crippen LogP contribution in [0.3, 0.4) is 0 Å². The van der Waals surface area contributed by atoms with Crippen molar-refractivity contribution in [2.24, 2.45) is 5.73 Å². The van der Waals surface area contributed by atoms with Crippen LogP contribution < -0.4 is 10.5 Å². The highest BCUT2D eigenvalue weighted by molar-refractivity contribution is 5.93. The third-order valence-corrected chi connectivity index (χ3v) is 6.28. The summed E-state index contributed by atoms with van der Waals surface area (Å²) >= 11 is 0. The first-order valence-electron chi connectivity index (χ1n) is 13.8. The number of nitrogens with two attached hydrogens (primary N) is 1. The van der Waals surface area contributed by atoms with Crippen molar-refractivity contribution in [2.45, 2.75) is 80.3 Å². The van der Waals surface area contributed by atoms with Crippen molar-refractivity contribution in [1.82, 2.24) is 9.47 Å². The Bertz CT molecular complexity index is 1160. The van der Waals surface area contributed by atoms with E-state index in [0.717, 1.165) is 51.2 Å². The number of allylic oxidation sites excluding steroid dienone is 1. The molecule has 1 unspecified atom stereocenters. The van der Waals surface area contributed by atoms with Gasteiger partial charge in [-0.2, -0.15) is 0 Å². The van der Waals surface area contributed by atoms with Crippen LogP contribution in [0.5, 0.6) is 5.75 Å². The standard InChI is InChI=1S/C21H21NO.C6H12N2O.C3H8.C2H6/c1-14-10-18-13-19(22-8-9-23-20(11-14)21(18)22)16(3)12-17-7-5-4-6-15(17)2;7-6-2-1-3-8(4-6)5-9;1-3-2;1-2/h4-7,10-13H,8-9H2,1-3H3;5-6H,1-4,7H2;3H2,1-2H3;1-2H3/b16-12+;;;. The number of nitrogens with zero attached hydrogens (tertiary/aromatic N) is 2. The van der Waals surface area contributed by atoms with E-state index in [1.54, 1.807) is 4.90 Å². The Morgan fingerprint density at radius 3 is 2.43 bits per heavy atom. The number of ether oxygens (including phenoxy) is 1. The van der Waals surface area contributed by atoms with Gasteiger partial charge in [0.25, 0.3) is 0 Å². The van der Waals surface area contributed by atoms with E-state index in [1.807, 2.05) is 13.8 Å². The van der Waals surface area contributed by atoms with Gasteiger partial charge in [0.05, 0.1) is 12.1 Å². The number of piperidine rings is 1. The minimum atomic E-state index is 0.212. The van der Waals surface area contributed by atoms with Crippen molar-refractivity contribution in [3.05, 3.63) is 64.8 Å². The van der Waals surface area contributed by atoms with Crippen LogP contribution in [0.2, 0.25) is 0 Å². The summed E-state index contributed by atoms with van der Waals surface area (Å²) in [5.74, 6) is 1.01. The molecule has 1 amide bonds. The number of hydrogen-bond acceptors (Lipinski definition) is 3. The van der Waals surface area contributed by atoms with Gasteiger partial charge in [-0.3, -0.25) is 4.79 Å². The quantitative estimate of drug-likeness (QED) is 0.382. The molecule has 2 aliphatic rings. The molecule has 202 valence electrons. The number of rotatable bonds is 3. The normalized spacial score (nSPS) is 16.3. The number of benzene rings is 2. The molecule has 5 nitrogen and oxygen atoms in total. The van der Waals surface area contributed by atoms with Crippen molar-refractivity contribution in [3.63, 3.8) is 0 Å². The van der Waals surface area contributed by atoms with Crippen LogP contribution in [0.15, 0.2) is 42.5 Å². The van der Waals surface area contributed by atoms with Crippen molar-refractivity contribution in [2.75, 3.05) is 19.7 Å². The Kier molecular flexibility index (Phi) is 12.4. The molecular weight excluding hydrogens is 458 g/mol. The maximum atomic E-state index is 10.2. The maximum Gasteiger partial charge on any atom is 0.209 e. The number of amides is 1. The molecule has 0 saturated carbocycles. The van der Waals surface area contributed by atoms with Crippen LogP contribution in [0.25, 0.3) is 22.6 Å². The molecule has 0 bridgehead atoms. The Morgan fingerprint density at radius 2 is 1.81 bits per heavy atom. The molecule has 0 aliphatic carbocycles. The highest BCUT2D eigenvalue weighted by Gasteiger charge is 2.19. The van der Waals surface area contributed by atoms with E-state index in [0.29, 0.717) is 0 Å². The Labute approximate surface area is 224 Å². The fourth-order valence-corrected chi connectivity index (χ4v) is 4.63. The van der Waals surface area contributed by atoms with Crippen LogP contribution in [0.4, 0.5) is 0 Å². The molecule has 1 aromatic heterocycles. The third-order valence-electron chi connectivity index (χ3n) is 6.28. The maximum absolute atomic E-state index is 10.2. The second kappa shape index (κ2) is 15.3. The molecule has 3 heterocycles. The van der Waals surface area contributed by atoms with Crippen molar-refractivity contribution in [1.29, 1.82) is 0 Å². The zero-order valence-electron chi connectivity index (χ0n) is 24.0. The molecule has 5 heteroatoms. The van der Waals surface area contributed by atoms with Gasteiger partial charge in [0.15, 0.2) is 0 Å². The van der Waals surface area contributed by atoms with Gasteiger partial charge in [0.1, 0.15) is 12.4 Å². The lowest BCUT2D eigenvalue weighted by molar-refractivity contribution is -0.119. The molecule has 0 spiro atoms. The Hall–Kier alpha value is -3.05. The predicted molar refractivity (Wildman–Crippen MR) is 159 cm³/mol. The van der Waals surface area contributed by atoms with Gasteiger partial charge in [0, 0.05) is 30.2 Å². The van der Waals surface area contributed by atoms with Gasteiger partial charge in [-0.25, -0.2) is 0 Å². The molecule has 5 rings (SSSR count). The minimum absolute atomic E-state index is 0.212. The molecule has 2 aliphatic heterocycles. The van der Waals surface area contributed by atoms with E-state index in [4.69, 9.17) is 10.5 Å². The average molecular weight is 506 g/mol. The van der Waals surface area contributed by atoms with Crippen LogP contribution in [-0.2, 0) is 11.3 Å². The zero-order chi connectivity index (χ0) is 27.4. The summed E-state index contributed by atoms with van der Waals surface area (Å²) in [4.78, 5) is 11.9. The fraction of sp³-hybridized carbons (Fsp3) is 0.469. The van der Waals surface area contributed by atoms with E-state index in [2.05, 4.69) is 87.7 Å². The SMILES string of the molecule is C/C(=C\c1ccccc1C)c1cc2cc(C)cc3c2n1CCO3.CC.CCC.NC1CCCN(C=O)C1. The second-order valence-corrected chi connectivity index (χ2v) is 9.62. The van der Waals surface area contributed by atoms with Gasteiger partial charge in [-0.1, -0.05) is 58.4 Å². The van der Waals surface area contributed by atoms with E-state index in [1.165, 1.54) is 45.3 Å². The zero-order valence-corrected chi connectivity index (χ0v) is 24.0. The monoisotopic (exact) mass is 505 g/mol. The molecule has 1 atom stereocenters. The Balaban J connectivity index is 0.000000287. The number of carbonyl (C=O) groups is 1. The molecule has 1 fully saturated rings. The lowest BCUT2D eigenvalue weighted by atomic mass is 10.0. The summed E-state index contributed by atoms with van der Waals surface area (Å²) in [7, 11) is 0. The first-order chi connectivity index (χ1) is 17.9. The van der Waals surface area contributed by atoms with Gasteiger partial charge in [0.2, 0.25) is 6.41 Å². The largest absolute Gasteiger partial charge is 0.490 e. The minimum Gasteiger partial charge on any atom is -0.490 e. The molecule has 1 saturated heterocycles. The predicted octanol–water partition coefficient (Wildman–Crippen LogP) is 7.22. The highest BCUT2D eigenvalue weighted by Crippen LogP contribution is 2.35. The second-order valence-electron chi connectivity index (χ2n) is 9.62. The van der Waals surface area contributed by atoms with Crippen LogP contribution in [0, 0.1) is 13.8 Å². The lowest BCUT2D eigenvalue weighted by Crippen LogP contribution is -2.41. The average Bonchev–Trinajstić information content (AvgIpc) is 3.27. The first kappa shape index (κ1) is 30.2. The van der Waals surface area contributed by atoms with Gasteiger partial charge in [-0.05, 0) is 80.2 Å². The lowest BCUT2D eigenvalue weighted by Gasteiger charge is -2.26. The van der Waals surface area contributed by atoms with Gasteiger partial charge >= 0.3 is 0 Å². The smallest absolute Gasteiger partial charge is 0.209 e. The van der Waals surface area contributed by atoms with Crippen LogP contribution >= 0.6 is 0 Å². The first-order valence-corrected chi connectivity index (χ1v) is 13.8. The molecule has 37 heavy (non-hydrogen) atoms. The summed E-state index contributed by atoms with van der Waals surface area (Å²) in [6.07, 6.45) is 6.53. The van der Waals surface area contributed by atoms with E-state index in [9.17, 15) is 4.79 Å². The molecular formula is C32H47N3O2. The summed E-state index contributed by atoms with van der Waals surface area (Å²) in [5.41, 5.74) is 13.3. The number of hydrogen-bond donors (Lipinski definition) is 1. The summed E-state index contributed by atoms with van der Waals surface area (Å²) in [5, 5.41) is 1.27. The van der Waals surface area contributed by atoms with E-state index >= 15 is 0 Å². The van der Waals surface area contributed by atoms with Crippen molar-refractivity contribution in [3.8, 4) is 5.75 Å². The molecule has 0 radical (unpaired) electrons. The fourth-order valence-electron chi connectivity index (χ4n) is 4.63. The number of aryl methyl sites for hydroxylation is 2. The Morgan fingerprint density at radius 1 is 1.11 bits per heavy atom. The van der Waals surface area contributed by atoms with E-state index < -0.39 is 0 Å². The number of aromatic nitrogens is 1. The van der Waals surface area contributed by atoms with Crippen molar-refractivity contribution < 1.29 is 9.53 Å². The molecule has 2 aromatic carbocycles. The van der Waals surface area contributed by atoms with Crippen LogP contribution in [0.1, 0.15) is 76.3 Å². The third kappa shape index (κ3) is 8.22. The summed E-state index contributed by atoms with van der Waals surface area (Å²) in [6, 6.07) is 15.4.